The lowest BCUT2D eigenvalue weighted by Crippen LogP contribution is -2.47. The summed E-state index contributed by atoms with van der Waals surface area (Å²) in [5, 5.41) is 0.496. The largest absolute Gasteiger partial charge is 0.361 e. The molecule has 7 rings (SSSR count). The fraction of sp³-hybridized carbons (Fsp3) is 0.625. The number of hydrogen-bond acceptors (Lipinski definition) is 9. The summed E-state index contributed by atoms with van der Waals surface area (Å²) in [4.78, 5) is 0. The summed E-state index contributed by atoms with van der Waals surface area (Å²) >= 11 is 0. The summed E-state index contributed by atoms with van der Waals surface area (Å²) in [5.41, 5.74) is -0.964. The highest BCUT2D eigenvalue weighted by atomic mass is 31.2. The Hall–Kier alpha value is -0.0100. The normalized spacial score (nSPS) is 39.0. The lowest BCUT2D eigenvalue weighted by molar-refractivity contribution is -0.101. The molecule has 0 saturated carbocycles. The molecule has 0 unspecified atom stereocenters. The number of rotatable bonds is 7. The maximum atomic E-state index is 13.8. The monoisotopic (exact) mass is 450 g/mol. The van der Waals surface area contributed by atoms with E-state index in [1.54, 1.807) is 24.3 Å². The first-order valence-corrected chi connectivity index (χ1v) is 12.6. The highest BCUT2D eigenvalue weighted by Crippen LogP contribution is 2.57. The van der Waals surface area contributed by atoms with Gasteiger partial charge in [0.25, 0.3) is 0 Å². The van der Waals surface area contributed by atoms with Gasteiger partial charge in [-0.25, -0.2) is 0 Å². The molecule has 1 aromatic rings. The van der Waals surface area contributed by atoms with Crippen LogP contribution in [-0.2, 0) is 40.8 Å². The second-order valence-electron chi connectivity index (χ2n) is 7.47. The molecule has 9 nitrogen and oxygen atoms in total. The van der Waals surface area contributed by atoms with Crippen LogP contribution >= 0.6 is 24.8 Å². The van der Waals surface area contributed by atoms with Gasteiger partial charge < -0.3 is 36.2 Å². The zero-order valence-corrected chi connectivity index (χ0v) is 17.7. The van der Waals surface area contributed by atoms with Gasteiger partial charge >= 0.3 is 24.8 Å². The number of hydrogen-bond donors (Lipinski definition) is 0. The SMILES string of the molecule is O=P(OCC12COP(OC1)OC2)(OCC12COP(OC1)OC2)c1ccccc1. The van der Waals surface area contributed by atoms with Gasteiger partial charge in [-0.3, -0.25) is 4.57 Å². The molecular formula is C16H21O9P3. The molecule has 0 amide bonds. The first-order valence-electron chi connectivity index (χ1n) is 8.92. The molecule has 154 valence electrons. The van der Waals surface area contributed by atoms with Crippen molar-refractivity contribution in [1.82, 2.24) is 0 Å². The molecular weight excluding hydrogens is 429 g/mol. The molecule has 6 saturated heterocycles. The van der Waals surface area contributed by atoms with E-state index in [0.29, 0.717) is 44.9 Å². The van der Waals surface area contributed by atoms with Crippen molar-refractivity contribution in [2.45, 2.75) is 0 Å². The van der Waals surface area contributed by atoms with E-state index in [4.69, 9.17) is 36.2 Å². The second-order valence-corrected chi connectivity index (χ2v) is 11.9. The van der Waals surface area contributed by atoms with Crippen LogP contribution in [0.5, 0.6) is 0 Å². The van der Waals surface area contributed by atoms with Gasteiger partial charge in [-0.2, -0.15) is 0 Å². The van der Waals surface area contributed by atoms with Crippen molar-refractivity contribution in [2.24, 2.45) is 10.8 Å². The van der Waals surface area contributed by atoms with E-state index < -0.39 is 35.6 Å². The van der Waals surface area contributed by atoms with E-state index in [1.165, 1.54) is 0 Å². The quantitative estimate of drug-likeness (QED) is 0.581. The molecule has 0 aromatic heterocycles. The van der Waals surface area contributed by atoms with E-state index in [9.17, 15) is 4.57 Å². The maximum absolute atomic E-state index is 13.8. The standard InChI is InChI=1S/C16H21O9P3/c17-28(14-4-2-1-3-5-14,24-12-15-6-18-26(19-7-15)20-8-15)25-13-16-9-21-27(22-10-16)23-11-16/h1-5H,6-13H2. The average molecular weight is 450 g/mol. The Bertz CT molecular complexity index is 665. The molecule has 6 fully saturated rings. The van der Waals surface area contributed by atoms with E-state index in [2.05, 4.69) is 0 Å². The molecule has 0 aliphatic carbocycles. The zero-order valence-electron chi connectivity index (χ0n) is 15.1. The van der Waals surface area contributed by atoms with Crippen LogP contribution in [0.15, 0.2) is 30.3 Å². The minimum atomic E-state index is -3.60. The number of benzene rings is 1. The summed E-state index contributed by atoms with van der Waals surface area (Å²) in [6.45, 7) is 3.02. The van der Waals surface area contributed by atoms with Gasteiger partial charge in [0.15, 0.2) is 0 Å². The molecule has 0 N–H and O–H groups in total. The van der Waals surface area contributed by atoms with Crippen LogP contribution in [0.25, 0.3) is 0 Å². The van der Waals surface area contributed by atoms with Crippen LogP contribution < -0.4 is 5.30 Å². The molecule has 6 aliphatic heterocycles. The molecule has 6 aliphatic rings. The zero-order chi connectivity index (χ0) is 19.1. The Morgan fingerprint density at radius 2 is 1.14 bits per heavy atom. The molecule has 4 bridgehead atoms. The van der Waals surface area contributed by atoms with Crippen molar-refractivity contribution in [2.75, 3.05) is 52.9 Å². The maximum Gasteiger partial charge on any atom is 0.361 e. The van der Waals surface area contributed by atoms with Crippen LogP contribution in [-0.4, -0.2) is 52.9 Å². The van der Waals surface area contributed by atoms with Gasteiger partial charge in [0.1, 0.15) is 0 Å². The Balaban J connectivity index is 1.31. The third-order valence-electron chi connectivity index (χ3n) is 5.01. The van der Waals surface area contributed by atoms with Crippen LogP contribution in [0, 0.1) is 10.8 Å². The van der Waals surface area contributed by atoms with Gasteiger partial charge in [-0.15, -0.1) is 0 Å². The molecule has 0 atom stereocenters. The molecule has 12 heteroatoms. The van der Waals surface area contributed by atoms with Crippen molar-refractivity contribution in [1.29, 1.82) is 0 Å². The van der Waals surface area contributed by atoms with Crippen molar-refractivity contribution in [3.8, 4) is 0 Å². The highest BCUT2D eigenvalue weighted by Gasteiger charge is 2.49. The Morgan fingerprint density at radius 3 is 1.54 bits per heavy atom. The third-order valence-corrected chi connectivity index (χ3v) is 8.92. The van der Waals surface area contributed by atoms with E-state index in [1.807, 2.05) is 6.07 Å². The van der Waals surface area contributed by atoms with E-state index in [-0.39, 0.29) is 13.2 Å². The Morgan fingerprint density at radius 1 is 0.750 bits per heavy atom. The minimum absolute atomic E-state index is 0.143. The third kappa shape index (κ3) is 3.96. The fourth-order valence-corrected chi connectivity index (χ4v) is 7.62. The smallest absolute Gasteiger partial charge is 0.311 e. The van der Waals surface area contributed by atoms with Crippen LogP contribution in [0.2, 0.25) is 0 Å². The topological polar surface area (TPSA) is 90.9 Å². The molecule has 6 heterocycles. The minimum Gasteiger partial charge on any atom is -0.311 e. The predicted octanol–water partition coefficient (Wildman–Crippen LogP) is 3.12. The van der Waals surface area contributed by atoms with E-state index >= 15 is 0 Å². The van der Waals surface area contributed by atoms with Gasteiger partial charge in [-0.05, 0) is 12.1 Å². The van der Waals surface area contributed by atoms with Gasteiger partial charge in [-0.1, -0.05) is 18.2 Å². The molecule has 1 aromatic carbocycles. The number of fused-ring (bicyclic) bond motifs is 6. The fourth-order valence-electron chi connectivity index (χ4n) is 3.10. The Kier molecular flexibility index (Phi) is 5.63. The van der Waals surface area contributed by atoms with E-state index in [0.717, 1.165) is 0 Å². The summed E-state index contributed by atoms with van der Waals surface area (Å²) in [6, 6.07) is 8.94. The summed E-state index contributed by atoms with van der Waals surface area (Å²) < 4.78 is 58.7. The highest BCUT2D eigenvalue weighted by molar-refractivity contribution is 7.62. The van der Waals surface area contributed by atoms with Crippen molar-refractivity contribution in [3.05, 3.63) is 30.3 Å². The summed E-state index contributed by atoms with van der Waals surface area (Å²) in [5.74, 6) is 0. The lowest BCUT2D eigenvalue weighted by Gasteiger charge is -2.45. The molecule has 0 spiro atoms. The van der Waals surface area contributed by atoms with Crippen LogP contribution in [0.1, 0.15) is 0 Å². The first-order chi connectivity index (χ1) is 13.6. The summed E-state index contributed by atoms with van der Waals surface area (Å²) in [7, 11) is -6.07. The Labute approximate surface area is 165 Å². The lowest BCUT2D eigenvalue weighted by atomic mass is 9.93. The van der Waals surface area contributed by atoms with Crippen LogP contribution in [0.3, 0.4) is 0 Å². The van der Waals surface area contributed by atoms with Gasteiger partial charge in [0.05, 0.1) is 69.0 Å². The van der Waals surface area contributed by atoms with Crippen molar-refractivity contribution in [3.63, 3.8) is 0 Å². The van der Waals surface area contributed by atoms with Crippen molar-refractivity contribution >= 4 is 30.1 Å². The average Bonchev–Trinajstić information content (AvgIpc) is 2.80. The molecule has 0 radical (unpaired) electrons. The second kappa shape index (κ2) is 7.92. The van der Waals surface area contributed by atoms with Crippen LogP contribution in [0.4, 0.5) is 0 Å². The summed E-state index contributed by atoms with van der Waals surface area (Å²) in [6.07, 6.45) is 0. The first kappa shape index (κ1) is 19.9. The predicted molar refractivity (Wildman–Crippen MR) is 100 cm³/mol. The molecule has 28 heavy (non-hydrogen) atoms. The van der Waals surface area contributed by atoms with Gasteiger partial charge in [0.2, 0.25) is 0 Å². The van der Waals surface area contributed by atoms with Gasteiger partial charge in [0, 0.05) is 0 Å². The van der Waals surface area contributed by atoms with Crippen molar-refractivity contribution < 1.29 is 40.8 Å².